The Bertz CT molecular complexity index is 987. The zero-order valence-corrected chi connectivity index (χ0v) is 18.8. The highest BCUT2D eigenvalue weighted by Gasteiger charge is 2.32. The zero-order chi connectivity index (χ0) is 21.9. The molecule has 1 fully saturated rings. The molecule has 1 saturated heterocycles. The molecule has 2 unspecified atom stereocenters. The molecule has 1 aliphatic rings. The summed E-state index contributed by atoms with van der Waals surface area (Å²) in [7, 11) is -3.71. The quantitative estimate of drug-likeness (QED) is 0.755. The Balaban J connectivity index is 1.88. The van der Waals surface area contributed by atoms with Crippen LogP contribution in [0.4, 0.5) is 5.69 Å². The van der Waals surface area contributed by atoms with Gasteiger partial charge in [0, 0.05) is 24.3 Å². The summed E-state index contributed by atoms with van der Waals surface area (Å²) in [4.78, 5) is 13.1. The van der Waals surface area contributed by atoms with Gasteiger partial charge in [0.2, 0.25) is 10.0 Å². The summed E-state index contributed by atoms with van der Waals surface area (Å²) in [6.07, 6.45) is 1.25. The molecule has 30 heavy (non-hydrogen) atoms. The molecular weight excluding hydrogens is 400 g/mol. The van der Waals surface area contributed by atoms with Crippen LogP contribution >= 0.6 is 0 Å². The molecule has 1 aliphatic heterocycles. The molecule has 3 rings (SSSR count). The largest absolute Gasteiger partial charge is 0.373 e. The van der Waals surface area contributed by atoms with E-state index < -0.39 is 10.0 Å². The fourth-order valence-corrected chi connectivity index (χ4v) is 5.50. The number of hydrogen-bond acceptors (Lipinski definition) is 4. The van der Waals surface area contributed by atoms with Crippen LogP contribution in [-0.4, -0.2) is 43.9 Å². The molecular formula is C23H30N2O4S. The lowest BCUT2D eigenvalue weighted by molar-refractivity contribution is -0.0440. The van der Waals surface area contributed by atoms with E-state index in [4.69, 9.17) is 4.74 Å². The standard InChI is InChI=1S/C23H30N2O4S/c1-5-18-9-7-10-19(6-2)22(18)24-23(26)20-11-8-12-21(13-20)30(27,28)25-14-16(3)29-17(4)15-25/h7-13,16-17H,5-6,14-15H2,1-4H3,(H,24,26). The lowest BCUT2D eigenvalue weighted by atomic mass is 10.0. The van der Waals surface area contributed by atoms with E-state index in [0.717, 1.165) is 29.7 Å². The monoisotopic (exact) mass is 430 g/mol. The average molecular weight is 431 g/mol. The molecule has 1 amide bonds. The van der Waals surface area contributed by atoms with Crippen molar-refractivity contribution in [3.63, 3.8) is 0 Å². The van der Waals surface area contributed by atoms with Crippen LogP contribution in [0.5, 0.6) is 0 Å². The second-order valence-corrected chi connectivity index (χ2v) is 9.66. The third-order valence-electron chi connectivity index (χ3n) is 5.36. The molecule has 0 saturated carbocycles. The number of ether oxygens (including phenoxy) is 1. The smallest absolute Gasteiger partial charge is 0.255 e. The topological polar surface area (TPSA) is 75.7 Å². The minimum absolute atomic E-state index is 0.121. The van der Waals surface area contributed by atoms with Crippen LogP contribution in [0, 0.1) is 0 Å². The van der Waals surface area contributed by atoms with Crippen molar-refractivity contribution in [1.29, 1.82) is 0 Å². The molecule has 6 nitrogen and oxygen atoms in total. The summed E-state index contributed by atoms with van der Waals surface area (Å²) in [5.41, 5.74) is 3.25. The molecule has 0 spiro atoms. The third-order valence-corrected chi connectivity index (χ3v) is 7.19. The van der Waals surface area contributed by atoms with Crippen molar-refractivity contribution in [1.82, 2.24) is 4.31 Å². The number of anilines is 1. The summed E-state index contributed by atoms with van der Waals surface area (Å²) in [6.45, 7) is 8.40. The number of rotatable bonds is 6. The van der Waals surface area contributed by atoms with Crippen LogP contribution in [0.3, 0.4) is 0 Å². The fourth-order valence-electron chi connectivity index (χ4n) is 3.86. The van der Waals surface area contributed by atoms with Gasteiger partial charge < -0.3 is 10.1 Å². The van der Waals surface area contributed by atoms with Crippen LogP contribution in [0.1, 0.15) is 49.2 Å². The molecule has 1 N–H and O–H groups in total. The number of carbonyl (C=O) groups is 1. The van der Waals surface area contributed by atoms with Gasteiger partial charge in [-0.25, -0.2) is 8.42 Å². The summed E-state index contributed by atoms with van der Waals surface area (Å²) >= 11 is 0. The van der Waals surface area contributed by atoms with E-state index in [9.17, 15) is 13.2 Å². The van der Waals surface area contributed by atoms with Gasteiger partial charge in [0.25, 0.3) is 5.91 Å². The maximum atomic E-state index is 13.2. The Morgan fingerprint density at radius 1 is 1.03 bits per heavy atom. The van der Waals surface area contributed by atoms with Crippen molar-refractivity contribution in [2.24, 2.45) is 0 Å². The van der Waals surface area contributed by atoms with Crippen LogP contribution in [0.25, 0.3) is 0 Å². The first kappa shape index (κ1) is 22.5. The predicted octanol–water partition coefficient (Wildman–Crippen LogP) is 3.86. The highest BCUT2D eigenvalue weighted by molar-refractivity contribution is 7.89. The van der Waals surface area contributed by atoms with E-state index >= 15 is 0 Å². The Kier molecular flexibility index (Phi) is 6.95. The Hall–Kier alpha value is -2.22. The molecule has 1 heterocycles. The van der Waals surface area contributed by atoms with Crippen molar-refractivity contribution >= 4 is 21.6 Å². The van der Waals surface area contributed by atoms with Gasteiger partial charge in [-0.15, -0.1) is 0 Å². The molecule has 0 aliphatic carbocycles. The first-order valence-corrected chi connectivity index (χ1v) is 11.9. The first-order chi connectivity index (χ1) is 14.3. The molecule has 0 radical (unpaired) electrons. The van der Waals surface area contributed by atoms with Crippen LogP contribution in [0.15, 0.2) is 47.4 Å². The zero-order valence-electron chi connectivity index (χ0n) is 18.0. The maximum Gasteiger partial charge on any atom is 0.255 e. The summed E-state index contributed by atoms with van der Waals surface area (Å²) in [6, 6.07) is 12.2. The van der Waals surface area contributed by atoms with Gasteiger partial charge in [0.05, 0.1) is 17.1 Å². The van der Waals surface area contributed by atoms with Crippen LogP contribution < -0.4 is 5.32 Å². The summed E-state index contributed by atoms with van der Waals surface area (Å²) in [5, 5.41) is 3.00. The van der Waals surface area contributed by atoms with Gasteiger partial charge in [0.1, 0.15) is 0 Å². The van der Waals surface area contributed by atoms with Crippen molar-refractivity contribution in [3.8, 4) is 0 Å². The van der Waals surface area contributed by atoms with Crippen LogP contribution in [-0.2, 0) is 27.6 Å². The second kappa shape index (κ2) is 9.29. The molecule has 162 valence electrons. The molecule has 2 atom stereocenters. The number of benzene rings is 2. The number of nitrogens with zero attached hydrogens (tertiary/aromatic N) is 1. The minimum atomic E-state index is -3.71. The molecule has 2 aromatic rings. The van der Waals surface area contributed by atoms with Gasteiger partial charge in [0.15, 0.2) is 0 Å². The number of hydrogen-bond donors (Lipinski definition) is 1. The van der Waals surface area contributed by atoms with Crippen molar-refractivity contribution < 1.29 is 17.9 Å². The Labute approximate surface area is 179 Å². The molecule has 7 heteroatoms. The van der Waals surface area contributed by atoms with Gasteiger partial charge >= 0.3 is 0 Å². The van der Waals surface area contributed by atoms with Gasteiger partial charge in [-0.2, -0.15) is 4.31 Å². The highest BCUT2D eigenvalue weighted by Crippen LogP contribution is 2.25. The summed E-state index contributed by atoms with van der Waals surface area (Å²) in [5.74, 6) is -0.314. The van der Waals surface area contributed by atoms with Gasteiger partial charge in [-0.05, 0) is 56.0 Å². The van der Waals surface area contributed by atoms with E-state index in [1.165, 1.54) is 16.4 Å². The van der Waals surface area contributed by atoms with E-state index in [-0.39, 0.29) is 23.0 Å². The normalized spacial score (nSPS) is 20.1. The van der Waals surface area contributed by atoms with Crippen molar-refractivity contribution in [3.05, 3.63) is 59.2 Å². The van der Waals surface area contributed by atoms with Crippen molar-refractivity contribution in [2.45, 2.75) is 57.6 Å². The Morgan fingerprint density at radius 2 is 1.60 bits per heavy atom. The highest BCUT2D eigenvalue weighted by atomic mass is 32.2. The first-order valence-electron chi connectivity index (χ1n) is 10.4. The fraction of sp³-hybridized carbons (Fsp3) is 0.435. The SMILES string of the molecule is CCc1cccc(CC)c1NC(=O)c1cccc(S(=O)(=O)N2CC(C)OC(C)C2)c1. The van der Waals surface area contributed by atoms with E-state index in [1.54, 1.807) is 12.1 Å². The van der Waals surface area contributed by atoms with E-state index in [1.807, 2.05) is 45.9 Å². The Morgan fingerprint density at radius 3 is 2.17 bits per heavy atom. The number of aryl methyl sites for hydroxylation is 2. The maximum absolute atomic E-state index is 13.2. The van der Waals surface area contributed by atoms with E-state index in [2.05, 4.69) is 5.32 Å². The number of sulfonamides is 1. The van der Waals surface area contributed by atoms with Gasteiger partial charge in [-0.3, -0.25) is 4.79 Å². The van der Waals surface area contributed by atoms with Gasteiger partial charge in [-0.1, -0.05) is 38.1 Å². The van der Waals surface area contributed by atoms with Crippen LogP contribution in [0.2, 0.25) is 0 Å². The number of carbonyl (C=O) groups excluding carboxylic acids is 1. The lowest BCUT2D eigenvalue weighted by Gasteiger charge is -2.34. The number of nitrogens with one attached hydrogen (secondary N) is 1. The second-order valence-electron chi connectivity index (χ2n) is 7.72. The van der Waals surface area contributed by atoms with Crippen molar-refractivity contribution in [2.75, 3.05) is 18.4 Å². The third kappa shape index (κ3) is 4.74. The number of amides is 1. The lowest BCUT2D eigenvalue weighted by Crippen LogP contribution is -2.48. The number of morpholine rings is 1. The molecule has 0 bridgehead atoms. The molecule has 2 aromatic carbocycles. The average Bonchev–Trinajstić information content (AvgIpc) is 2.73. The number of para-hydroxylation sites is 1. The predicted molar refractivity (Wildman–Crippen MR) is 118 cm³/mol. The molecule has 0 aromatic heterocycles. The van der Waals surface area contributed by atoms with E-state index in [0.29, 0.717) is 18.7 Å². The summed E-state index contributed by atoms with van der Waals surface area (Å²) < 4.78 is 33.4. The minimum Gasteiger partial charge on any atom is -0.373 e.